The molecular formula is C12H20O5. The monoisotopic (exact) mass is 244 g/mol. The molecule has 0 N–H and O–H groups in total. The molecular weight excluding hydrogens is 224 g/mol. The summed E-state index contributed by atoms with van der Waals surface area (Å²) in [6.45, 7) is 2.45. The topological polar surface area (TPSA) is 61.8 Å². The maximum atomic E-state index is 12.0. The van der Waals surface area contributed by atoms with Gasteiger partial charge < -0.3 is 14.2 Å². The van der Waals surface area contributed by atoms with Crippen molar-refractivity contribution in [2.75, 3.05) is 20.8 Å². The summed E-state index contributed by atoms with van der Waals surface area (Å²) >= 11 is 0. The highest BCUT2D eigenvalue weighted by Gasteiger charge is 2.55. The Labute approximate surface area is 101 Å². The summed E-state index contributed by atoms with van der Waals surface area (Å²) in [6, 6.07) is 0. The fraction of sp³-hybridized carbons (Fsp3) is 0.833. The predicted molar refractivity (Wildman–Crippen MR) is 60.3 cm³/mol. The predicted octanol–water partition coefficient (Wildman–Crippen LogP) is 1.30. The van der Waals surface area contributed by atoms with Gasteiger partial charge in [0, 0.05) is 6.61 Å². The van der Waals surface area contributed by atoms with Crippen molar-refractivity contribution < 1.29 is 23.8 Å². The third-order valence-electron chi connectivity index (χ3n) is 3.30. The van der Waals surface area contributed by atoms with Gasteiger partial charge in [0.05, 0.1) is 20.3 Å². The van der Waals surface area contributed by atoms with Crippen LogP contribution in [0.3, 0.4) is 0 Å². The quantitative estimate of drug-likeness (QED) is 0.553. The number of carbonyl (C=O) groups is 2. The van der Waals surface area contributed by atoms with E-state index in [0.717, 1.165) is 12.8 Å². The van der Waals surface area contributed by atoms with Crippen molar-refractivity contribution in [3.8, 4) is 0 Å². The zero-order valence-electron chi connectivity index (χ0n) is 10.7. The summed E-state index contributed by atoms with van der Waals surface area (Å²) in [7, 11) is 2.56. The number of esters is 2. The lowest BCUT2D eigenvalue weighted by molar-refractivity contribution is -0.181. The molecule has 0 aliphatic carbocycles. The van der Waals surface area contributed by atoms with Gasteiger partial charge in [-0.25, -0.2) is 0 Å². The molecule has 5 nitrogen and oxygen atoms in total. The largest absolute Gasteiger partial charge is 0.468 e. The van der Waals surface area contributed by atoms with Crippen molar-refractivity contribution in [2.24, 2.45) is 5.41 Å². The molecule has 17 heavy (non-hydrogen) atoms. The lowest BCUT2D eigenvalue weighted by atomic mass is 9.77. The molecule has 0 saturated carbocycles. The van der Waals surface area contributed by atoms with Crippen molar-refractivity contribution in [3.63, 3.8) is 0 Å². The molecule has 1 rings (SSSR count). The first kappa shape index (κ1) is 14.0. The van der Waals surface area contributed by atoms with E-state index in [1.807, 2.05) is 6.92 Å². The van der Waals surface area contributed by atoms with Crippen LogP contribution in [-0.4, -0.2) is 38.9 Å². The zero-order valence-corrected chi connectivity index (χ0v) is 10.7. The first-order valence-corrected chi connectivity index (χ1v) is 5.91. The van der Waals surface area contributed by atoms with Gasteiger partial charge in [0.25, 0.3) is 0 Å². The van der Waals surface area contributed by atoms with Gasteiger partial charge in [0.2, 0.25) is 0 Å². The van der Waals surface area contributed by atoms with E-state index in [1.54, 1.807) is 0 Å². The molecule has 0 aromatic heterocycles. The molecule has 1 atom stereocenters. The summed E-state index contributed by atoms with van der Waals surface area (Å²) in [5, 5.41) is 0. The number of ether oxygens (including phenoxy) is 3. The first-order valence-electron chi connectivity index (χ1n) is 5.91. The lowest BCUT2D eigenvalue weighted by Gasteiger charge is -2.33. The van der Waals surface area contributed by atoms with Crippen LogP contribution in [0.25, 0.3) is 0 Å². The molecule has 1 aliphatic rings. The normalized spacial score (nSPS) is 23.6. The third-order valence-corrected chi connectivity index (χ3v) is 3.30. The molecule has 0 amide bonds. The van der Waals surface area contributed by atoms with Crippen molar-refractivity contribution in [1.29, 1.82) is 0 Å². The van der Waals surface area contributed by atoms with Gasteiger partial charge in [-0.3, -0.25) is 9.59 Å². The Morgan fingerprint density at radius 1 is 1.24 bits per heavy atom. The van der Waals surface area contributed by atoms with Crippen LogP contribution in [0, 0.1) is 5.41 Å². The van der Waals surface area contributed by atoms with Crippen molar-refractivity contribution in [2.45, 2.75) is 38.7 Å². The number of rotatable bonds is 3. The fourth-order valence-electron chi connectivity index (χ4n) is 2.42. The van der Waals surface area contributed by atoms with Crippen LogP contribution in [0.2, 0.25) is 0 Å². The van der Waals surface area contributed by atoms with Crippen molar-refractivity contribution in [3.05, 3.63) is 0 Å². The van der Waals surface area contributed by atoms with Gasteiger partial charge >= 0.3 is 11.9 Å². The minimum atomic E-state index is -1.30. The number of methoxy groups -OCH3 is 2. The van der Waals surface area contributed by atoms with Gasteiger partial charge in [0.1, 0.15) is 0 Å². The second kappa shape index (κ2) is 6.00. The first-order chi connectivity index (χ1) is 8.13. The molecule has 98 valence electrons. The highest BCUT2D eigenvalue weighted by molar-refractivity contribution is 6.00. The van der Waals surface area contributed by atoms with Crippen LogP contribution in [0.1, 0.15) is 32.6 Å². The summed E-state index contributed by atoms with van der Waals surface area (Å²) in [5.74, 6) is -1.11. The van der Waals surface area contributed by atoms with Crippen LogP contribution in [-0.2, 0) is 23.8 Å². The number of hydrogen-bond acceptors (Lipinski definition) is 5. The highest BCUT2D eigenvalue weighted by atomic mass is 16.6. The molecule has 1 unspecified atom stereocenters. The van der Waals surface area contributed by atoms with E-state index < -0.39 is 23.5 Å². The summed E-state index contributed by atoms with van der Waals surface area (Å²) in [4.78, 5) is 24.0. The smallest absolute Gasteiger partial charge is 0.325 e. The van der Waals surface area contributed by atoms with E-state index in [1.165, 1.54) is 14.2 Å². The SMILES string of the molecule is CCC1OCCCCC1(C(=O)OC)C(=O)OC. The zero-order chi connectivity index (χ0) is 12.9. The molecule has 0 bridgehead atoms. The Kier molecular flexibility index (Phi) is 4.93. The summed E-state index contributed by atoms with van der Waals surface area (Å²) < 4.78 is 15.2. The number of carbonyl (C=O) groups excluding carboxylic acids is 2. The van der Waals surface area contributed by atoms with Gasteiger partial charge in [-0.1, -0.05) is 6.92 Å². The van der Waals surface area contributed by atoms with Gasteiger partial charge in [0.15, 0.2) is 5.41 Å². The third kappa shape index (κ3) is 2.44. The summed E-state index contributed by atoms with van der Waals surface area (Å²) in [5.41, 5.74) is -1.30. The highest BCUT2D eigenvalue weighted by Crippen LogP contribution is 2.38. The van der Waals surface area contributed by atoms with Crippen LogP contribution < -0.4 is 0 Å². The average molecular weight is 244 g/mol. The molecule has 0 spiro atoms. The fourth-order valence-corrected chi connectivity index (χ4v) is 2.42. The Morgan fingerprint density at radius 3 is 2.29 bits per heavy atom. The molecule has 0 radical (unpaired) electrons. The molecule has 5 heteroatoms. The van der Waals surface area contributed by atoms with E-state index in [-0.39, 0.29) is 0 Å². The van der Waals surface area contributed by atoms with Gasteiger partial charge in [-0.05, 0) is 25.7 Å². The molecule has 1 fully saturated rings. The Bertz CT molecular complexity index is 271. The van der Waals surface area contributed by atoms with Crippen LogP contribution in [0.5, 0.6) is 0 Å². The molecule has 1 heterocycles. The van der Waals surface area contributed by atoms with Crippen LogP contribution >= 0.6 is 0 Å². The molecule has 0 aromatic carbocycles. The Morgan fingerprint density at radius 2 is 1.82 bits per heavy atom. The maximum Gasteiger partial charge on any atom is 0.325 e. The number of hydrogen-bond donors (Lipinski definition) is 0. The van der Waals surface area contributed by atoms with Gasteiger partial charge in [-0.15, -0.1) is 0 Å². The van der Waals surface area contributed by atoms with E-state index >= 15 is 0 Å². The Hall–Kier alpha value is -1.10. The maximum absolute atomic E-state index is 12.0. The molecule has 1 saturated heterocycles. The second-order valence-electron chi connectivity index (χ2n) is 4.18. The molecule has 1 aliphatic heterocycles. The summed E-state index contributed by atoms with van der Waals surface area (Å²) in [6.07, 6.45) is 2.12. The lowest BCUT2D eigenvalue weighted by Crippen LogP contribution is -2.50. The van der Waals surface area contributed by atoms with Crippen LogP contribution in [0.15, 0.2) is 0 Å². The average Bonchev–Trinajstić information content (AvgIpc) is 2.59. The van der Waals surface area contributed by atoms with Crippen molar-refractivity contribution in [1.82, 2.24) is 0 Å². The van der Waals surface area contributed by atoms with Crippen molar-refractivity contribution >= 4 is 11.9 Å². The van der Waals surface area contributed by atoms with E-state index in [9.17, 15) is 9.59 Å². The minimum Gasteiger partial charge on any atom is -0.468 e. The van der Waals surface area contributed by atoms with E-state index in [2.05, 4.69) is 0 Å². The van der Waals surface area contributed by atoms with E-state index in [4.69, 9.17) is 14.2 Å². The second-order valence-corrected chi connectivity index (χ2v) is 4.18. The molecule has 0 aromatic rings. The Balaban J connectivity index is 3.14. The standard InChI is InChI=1S/C12H20O5/c1-4-9-12(10(13)15-2,11(14)16-3)7-5-6-8-17-9/h9H,4-8H2,1-3H3. The minimum absolute atomic E-state index is 0.421. The van der Waals surface area contributed by atoms with E-state index in [0.29, 0.717) is 19.4 Å². The van der Waals surface area contributed by atoms with Gasteiger partial charge in [-0.2, -0.15) is 0 Å². The van der Waals surface area contributed by atoms with Crippen LogP contribution in [0.4, 0.5) is 0 Å².